The Hall–Kier alpha value is -0.830. The van der Waals surface area contributed by atoms with Crippen LogP contribution >= 0.6 is 11.6 Å². The molecule has 4 heteroatoms. The van der Waals surface area contributed by atoms with Crippen molar-refractivity contribution in [2.24, 2.45) is 11.8 Å². The second-order valence-electron chi connectivity index (χ2n) is 5.29. The molecule has 3 nitrogen and oxygen atoms in total. The summed E-state index contributed by atoms with van der Waals surface area (Å²) in [7, 11) is 0. The number of aromatic nitrogens is 2. The second-order valence-corrected chi connectivity index (χ2v) is 5.68. The molecule has 1 aromatic heterocycles. The minimum absolute atomic E-state index is 0.519. The van der Waals surface area contributed by atoms with Crippen LogP contribution < -0.4 is 4.90 Å². The molecule has 0 bridgehead atoms. The van der Waals surface area contributed by atoms with Crippen LogP contribution in [0.15, 0.2) is 6.07 Å². The first-order valence-electron chi connectivity index (χ1n) is 6.14. The standard InChI is InChI=1S/C13H22ClN3/c1-9(2)7-17(8-10(3)4)13-6-12(14)15-11(5)16-13/h6,9-10H,7-8H2,1-5H3. The summed E-state index contributed by atoms with van der Waals surface area (Å²) in [5.74, 6) is 2.86. The van der Waals surface area contributed by atoms with E-state index in [1.54, 1.807) is 0 Å². The molecule has 0 aliphatic rings. The monoisotopic (exact) mass is 255 g/mol. The van der Waals surface area contributed by atoms with Crippen LogP contribution in [0.5, 0.6) is 0 Å². The van der Waals surface area contributed by atoms with Crippen molar-refractivity contribution in [2.75, 3.05) is 18.0 Å². The molecule has 0 amide bonds. The van der Waals surface area contributed by atoms with Gasteiger partial charge in [-0.15, -0.1) is 0 Å². The molecule has 0 radical (unpaired) electrons. The molecule has 0 N–H and O–H groups in total. The lowest BCUT2D eigenvalue weighted by Crippen LogP contribution is -2.32. The zero-order chi connectivity index (χ0) is 13.0. The minimum Gasteiger partial charge on any atom is -0.356 e. The smallest absolute Gasteiger partial charge is 0.134 e. The highest BCUT2D eigenvalue weighted by atomic mass is 35.5. The highest BCUT2D eigenvalue weighted by molar-refractivity contribution is 6.29. The fraction of sp³-hybridized carbons (Fsp3) is 0.692. The topological polar surface area (TPSA) is 29.0 Å². The molecule has 0 aliphatic heterocycles. The SMILES string of the molecule is Cc1nc(Cl)cc(N(CC(C)C)CC(C)C)n1. The van der Waals surface area contributed by atoms with Crippen molar-refractivity contribution >= 4 is 17.4 Å². The van der Waals surface area contributed by atoms with Crippen molar-refractivity contribution < 1.29 is 0 Å². The molecular weight excluding hydrogens is 234 g/mol. The summed E-state index contributed by atoms with van der Waals surface area (Å²) in [5.41, 5.74) is 0. The number of aryl methyl sites for hydroxylation is 1. The van der Waals surface area contributed by atoms with E-state index < -0.39 is 0 Å². The van der Waals surface area contributed by atoms with Crippen molar-refractivity contribution in [3.05, 3.63) is 17.0 Å². The first kappa shape index (κ1) is 14.2. The fourth-order valence-corrected chi connectivity index (χ4v) is 2.04. The number of rotatable bonds is 5. The van der Waals surface area contributed by atoms with Gasteiger partial charge in [0.05, 0.1) is 0 Å². The molecule has 0 saturated heterocycles. The van der Waals surface area contributed by atoms with Crippen LogP contribution in [0.3, 0.4) is 0 Å². The van der Waals surface area contributed by atoms with Crippen molar-refractivity contribution in [3.8, 4) is 0 Å². The molecule has 1 heterocycles. The molecule has 0 aromatic carbocycles. The largest absolute Gasteiger partial charge is 0.356 e. The van der Waals surface area contributed by atoms with Crippen molar-refractivity contribution in [1.29, 1.82) is 0 Å². The van der Waals surface area contributed by atoms with Gasteiger partial charge in [0, 0.05) is 19.2 Å². The van der Waals surface area contributed by atoms with Crippen molar-refractivity contribution in [3.63, 3.8) is 0 Å². The maximum absolute atomic E-state index is 5.99. The van der Waals surface area contributed by atoms with Gasteiger partial charge in [0.15, 0.2) is 0 Å². The highest BCUT2D eigenvalue weighted by Crippen LogP contribution is 2.18. The van der Waals surface area contributed by atoms with Crippen LogP contribution in [0.2, 0.25) is 5.15 Å². The van der Waals surface area contributed by atoms with Gasteiger partial charge in [-0.2, -0.15) is 0 Å². The lowest BCUT2D eigenvalue weighted by Gasteiger charge is -2.27. The lowest BCUT2D eigenvalue weighted by molar-refractivity contribution is 0.548. The van der Waals surface area contributed by atoms with Gasteiger partial charge in [0.25, 0.3) is 0 Å². The Morgan fingerprint density at radius 2 is 1.65 bits per heavy atom. The van der Waals surface area contributed by atoms with E-state index in [-0.39, 0.29) is 0 Å². The maximum atomic E-state index is 5.99. The molecule has 0 unspecified atom stereocenters. The molecule has 0 atom stereocenters. The molecule has 0 saturated carbocycles. The van der Waals surface area contributed by atoms with Crippen molar-refractivity contribution in [1.82, 2.24) is 9.97 Å². The zero-order valence-corrected chi connectivity index (χ0v) is 12.1. The Kier molecular flexibility index (Phi) is 5.19. The average Bonchev–Trinajstić information content (AvgIpc) is 2.13. The summed E-state index contributed by atoms with van der Waals surface area (Å²) in [4.78, 5) is 10.9. The summed E-state index contributed by atoms with van der Waals surface area (Å²) in [6, 6.07) is 1.85. The second kappa shape index (κ2) is 6.20. The third kappa shape index (κ3) is 4.90. The van der Waals surface area contributed by atoms with Crippen LogP contribution in [0.1, 0.15) is 33.5 Å². The molecule has 96 valence electrons. The molecular formula is C13H22ClN3. The van der Waals surface area contributed by atoms with Crippen LogP contribution in [0, 0.1) is 18.8 Å². The van der Waals surface area contributed by atoms with Gasteiger partial charge >= 0.3 is 0 Å². The first-order chi connectivity index (χ1) is 7.88. The number of hydrogen-bond acceptors (Lipinski definition) is 3. The molecule has 0 fully saturated rings. The summed E-state index contributed by atoms with van der Waals surface area (Å²) >= 11 is 5.99. The van der Waals surface area contributed by atoms with Gasteiger partial charge in [0.2, 0.25) is 0 Å². The van der Waals surface area contributed by atoms with Gasteiger partial charge in [-0.3, -0.25) is 0 Å². The number of nitrogens with zero attached hydrogens (tertiary/aromatic N) is 3. The summed E-state index contributed by atoms with van der Waals surface area (Å²) in [6.45, 7) is 12.7. The lowest BCUT2D eigenvalue weighted by atomic mass is 10.1. The van der Waals surface area contributed by atoms with Gasteiger partial charge in [-0.05, 0) is 18.8 Å². The highest BCUT2D eigenvalue weighted by Gasteiger charge is 2.13. The third-order valence-corrected chi connectivity index (χ3v) is 2.48. The van der Waals surface area contributed by atoms with Crippen LogP contribution in [-0.4, -0.2) is 23.1 Å². The summed E-state index contributed by atoms with van der Waals surface area (Å²) in [6.07, 6.45) is 0. The third-order valence-electron chi connectivity index (χ3n) is 2.29. The van der Waals surface area contributed by atoms with Crippen LogP contribution in [0.25, 0.3) is 0 Å². The Morgan fingerprint density at radius 1 is 1.12 bits per heavy atom. The van der Waals surface area contributed by atoms with Gasteiger partial charge in [0.1, 0.15) is 16.8 Å². The molecule has 1 rings (SSSR count). The molecule has 1 aromatic rings. The normalized spacial score (nSPS) is 11.3. The summed E-state index contributed by atoms with van der Waals surface area (Å²) < 4.78 is 0. The van der Waals surface area contributed by atoms with Crippen LogP contribution in [0.4, 0.5) is 5.82 Å². The summed E-state index contributed by atoms with van der Waals surface area (Å²) in [5, 5.41) is 0.519. The van der Waals surface area contributed by atoms with E-state index in [1.807, 2.05) is 13.0 Å². The Bertz CT molecular complexity index is 333. The van der Waals surface area contributed by atoms with Gasteiger partial charge < -0.3 is 4.90 Å². The van der Waals surface area contributed by atoms with Crippen LogP contribution in [-0.2, 0) is 0 Å². The Morgan fingerprint density at radius 3 is 2.06 bits per heavy atom. The van der Waals surface area contributed by atoms with E-state index in [2.05, 4.69) is 42.6 Å². The number of halogens is 1. The van der Waals surface area contributed by atoms with E-state index in [0.29, 0.717) is 17.0 Å². The van der Waals surface area contributed by atoms with Crippen molar-refractivity contribution in [2.45, 2.75) is 34.6 Å². The first-order valence-corrected chi connectivity index (χ1v) is 6.52. The maximum Gasteiger partial charge on any atom is 0.134 e. The van der Waals surface area contributed by atoms with E-state index in [9.17, 15) is 0 Å². The predicted octanol–water partition coefficient (Wildman–Crippen LogP) is 3.56. The fourth-order valence-electron chi connectivity index (χ4n) is 1.82. The Balaban J connectivity index is 2.94. The molecule has 17 heavy (non-hydrogen) atoms. The minimum atomic E-state index is 0.519. The van der Waals surface area contributed by atoms with E-state index in [1.165, 1.54) is 0 Å². The number of anilines is 1. The van der Waals surface area contributed by atoms with Gasteiger partial charge in [-0.25, -0.2) is 9.97 Å². The molecule has 0 aliphatic carbocycles. The van der Waals surface area contributed by atoms with E-state index >= 15 is 0 Å². The quantitative estimate of drug-likeness (QED) is 0.754. The van der Waals surface area contributed by atoms with E-state index in [4.69, 9.17) is 11.6 Å². The Labute approximate surface area is 109 Å². The predicted molar refractivity (Wildman–Crippen MR) is 73.7 cm³/mol. The van der Waals surface area contributed by atoms with Gasteiger partial charge in [-0.1, -0.05) is 39.3 Å². The molecule has 0 spiro atoms. The van der Waals surface area contributed by atoms with E-state index in [0.717, 1.165) is 24.7 Å². The average molecular weight is 256 g/mol. The zero-order valence-electron chi connectivity index (χ0n) is 11.4. The number of hydrogen-bond donors (Lipinski definition) is 0.